The maximum Gasteiger partial charge on any atom is 0.152 e. The predicted octanol–water partition coefficient (Wildman–Crippen LogP) is 1.85. The average molecular weight is 290 g/mol. The highest BCUT2D eigenvalue weighted by Crippen LogP contribution is 2.20. The number of aromatic nitrogens is 2. The van der Waals surface area contributed by atoms with E-state index < -0.39 is 9.84 Å². The number of anilines is 1. The van der Waals surface area contributed by atoms with E-state index in [1.54, 1.807) is 6.07 Å². The molecule has 2 heterocycles. The van der Waals surface area contributed by atoms with Gasteiger partial charge in [-0.1, -0.05) is 25.4 Å². The van der Waals surface area contributed by atoms with Crippen molar-refractivity contribution >= 4 is 27.3 Å². The molecule has 1 N–H and O–H groups in total. The molecule has 0 spiro atoms. The van der Waals surface area contributed by atoms with Gasteiger partial charge >= 0.3 is 0 Å². The zero-order chi connectivity index (χ0) is 13.3. The average Bonchev–Trinajstić information content (AvgIpc) is 2.57. The molecule has 100 valence electrons. The van der Waals surface area contributed by atoms with Crippen molar-refractivity contribution < 1.29 is 8.42 Å². The fourth-order valence-electron chi connectivity index (χ4n) is 1.89. The maximum absolute atomic E-state index is 11.4. The monoisotopic (exact) mass is 289 g/mol. The number of hydrogen-bond donors (Lipinski definition) is 1. The highest BCUT2D eigenvalue weighted by atomic mass is 35.5. The number of rotatable bonds is 3. The largest absolute Gasteiger partial charge is 0.366 e. The molecule has 0 radical (unpaired) electrons. The molecule has 1 aliphatic rings. The SMILES string of the molecule is CC(C)c1nc(Cl)cc(NC2CCS(=O)(=O)C2)n1. The van der Waals surface area contributed by atoms with E-state index in [4.69, 9.17) is 11.6 Å². The van der Waals surface area contributed by atoms with Gasteiger partial charge in [0.1, 0.15) is 16.8 Å². The molecule has 7 heteroatoms. The number of sulfone groups is 1. The van der Waals surface area contributed by atoms with Gasteiger partial charge in [0.25, 0.3) is 0 Å². The van der Waals surface area contributed by atoms with Crippen molar-refractivity contribution in [2.75, 3.05) is 16.8 Å². The van der Waals surface area contributed by atoms with Crippen molar-refractivity contribution in [2.24, 2.45) is 0 Å². The molecular formula is C11H16ClN3O2S. The van der Waals surface area contributed by atoms with Gasteiger partial charge in [-0.15, -0.1) is 0 Å². The van der Waals surface area contributed by atoms with Crippen LogP contribution in [0.5, 0.6) is 0 Å². The van der Waals surface area contributed by atoms with E-state index in [-0.39, 0.29) is 23.5 Å². The fourth-order valence-corrected chi connectivity index (χ4v) is 3.75. The van der Waals surface area contributed by atoms with Gasteiger partial charge < -0.3 is 5.32 Å². The van der Waals surface area contributed by atoms with Crippen molar-refractivity contribution in [3.63, 3.8) is 0 Å². The van der Waals surface area contributed by atoms with E-state index in [1.807, 2.05) is 13.8 Å². The number of nitrogens with zero attached hydrogens (tertiary/aromatic N) is 2. The Morgan fingerprint density at radius 2 is 2.17 bits per heavy atom. The summed E-state index contributed by atoms with van der Waals surface area (Å²) >= 11 is 5.93. The molecular weight excluding hydrogens is 274 g/mol. The Balaban J connectivity index is 2.15. The molecule has 1 atom stereocenters. The second kappa shape index (κ2) is 5.01. The molecule has 2 rings (SSSR count). The number of nitrogens with one attached hydrogen (secondary N) is 1. The molecule has 0 saturated carbocycles. The topological polar surface area (TPSA) is 72.0 Å². The van der Waals surface area contributed by atoms with Crippen molar-refractivity contribution in [2.45, 2.75) is 32.2 Å². The first kappa shape index (κ1) is 13.5. The summed E-state index contributed by atoms with van der Waals surface area (Å²) in [5, 5.41) is 3.49. The van der Waals surface area contributed by atoms with Crippen LogP contribution < -0.4 is 5.32 Å². The minimum absolute atomic E-state index is 0.0824. The van der Waals surface area contributed by atoms with Crippen molar-refractivity contribution in [1.29, 1.82) is 0 Å². The van der Waals surface area contributed by atoms with Crippen LogP contribution in [-0.2, 0) is 9.84 Å². The molecule has 18 heavy (non-hydrogen) atoms. The second-order valence-corrected chi connectivity index (χ2v) is 7.45. The van der Waals surface area contributed by atoms with E-state index in [1.165, 1.54) is 0 Å². The van der Waals surface area contributed by atoms with Gasteiger partial charge in [0.15, 0.2) is 9.84 Å². The van der Waals surface area contributed by atoms with Crippen LogP contribution in [0.1, 0.15) is 32.0 Å². The van der Waals surface area contributed by atoms with Crippen molar-refractivity contribution in [3.05, 3.63) is 17.0 Å². The molecule has 1 aliphatic heterocycles. The van der Waals surface area contributed by atoms with Crippen molar-refractivity contribution in [1.82, 2.24) is 9.97 Å². The summed E-state index contributed by atoms with van der Waals surface area (Å²) in [6, 6.07) is 1.54. The summed E-state index contributed by atoms with van der Waals surface area (Å²) in [5.41, 5.74) is 0. The fraction of sp³-hybridized carbons (Fsp3) is 0.636. The van der Waals surface area contributed by atoms with Crippen LogP contribution in [-0.4, -0.2) is 35.9 Å². The highest BCUT2D eigenvalue weighted by molar-refractivity contribution is 7.91. The molecule has 1 unspecified atom stereocenters. The summed E-state index contributed by atoms with van der Waals surface area (Å²) in [4.78, 5) is 8.48. The summed E-state index contributed by atoms with van der Waals surface area (Å²) in [5.74, 6) is 1.83. The molecule has 1 saturated heterocycles. The first-order valence-corrected chi connectivity index (χ1v) is 8.07. The molecule has 0 aromatic carbocycles. The van der Waals surface area contributed by atoms with Gasteiger partial charge in [-0.2, -0.15) is 0 Å². The molecule has 1 fully saturated rings. The number of hydrogen-bond acceptors (Lipinski definition) is 5. The Bertz CT molecular complexity index is 545. The zero-order valence-corrected chi connectivity index (χ0v) is 11.9. The lowest BCUT2D eigenvalue weighted by molar-refractivity contribution is 0.602. The maximum atomic E-state index is 11.4. The van der Waals surface area contributed by atoms with Crippen LogP contribution in [0, 0.1) is 0 Å². The lowest BCUT2D eigenvalue weighted by Gasteiger charge is -2.13. The first-order valence-electron chi connectivity index (χ1n) is 5.87. The standard InChI is InChI=1S/C11H16ClN3O2S/c1-7(2)11-14-9(12)5-10(15-11)13-8-3-4-18(16,17)6-8/h5,7-8H,3-4,6H2,1-2H3,(H,13,14,15). The Hall–Kier alpha value is -0.880. The van der Waals surface area contributed by atoms with Crippen LogP contribution >= 0.6 is 11.6 Å². The van der Waals surface area contributed by atoms with Gasteiger partial charge in [0.05, 0.1) is 11.5 Å². The summed E-state index contributed by atoms with van der Waals surface area (Å²) in [6.45, 7) is 3.96. The van der Waals surface area contributed by atoms with E-state index in [0.717, 1.165) is 0 Å². The minimum Gasteiger partial charge on any atom is -0.366 e. The smallest absolute Gasteiger partial charge is 0.152 e. The summed E-state index contributed by atoms with van der Waals surface area (Å²) < 4.78 is 22.7. The Labute approximate surface area is 112 Å². The van der Waals surface area contributed by atoms with Gasteiger partial charge in [0.2, 0.25) is 0 Å². The van der Waals surface area contributed by atoms with E-state index in [0.29, 0.717) is 23.2 Å². The van der Waals surface area contributed by atoms with Gasteiger partial charge in [0, 0.05) is 18.0 Å². The first-order chi connectivity index (χ1) is 8.35. The predicted molar refractivity (Wildman–Crippen MR) is 71.8 cm³/mol. The van der Waals surface area contributed by atoms with Crippen molar-refractivity contribution in [3.8, 4) is 0 Å². The van der Waals surface area contributed by atoms with Crippen LogP contribution in [0.15, 0.2) is 6.07 Å². The Morgan fingerprint density at radius 3 is 2.72 bits per heavy atom. The van der Waals surface area contributed by atoms with E-state index >= 15 is 0 Å². The molecule has 0 amide bonds. The van der Waals surface area contributed by atoms with Crippen LogP contribution in [0.25, 0.3) is 0 Å². The highest BCUT2D eigenvalue weighted by Gasteiger charge is 2.28. The van der Waals surface area contributed by atoms with E-state index in [2.05, 4.69) is 15.3 Å². The minimum atomic E-state index is -2.89. The molecule has 0 bridgehead atoms. The van der Waals surface area contributed by atoms with Gasteiger partial charge in [-0.25, -0.2) is 18.4 Å². The summed E-state index contributed by atoms with van der Waals surface area (Å²) in [7, 11) is -2.89. The second-order valence-electron chi connectivity index (χ2n) is 4.83. The molecule has 0 aliphatic carbocycles. The molecule has 5 nitrogen and oxygen atoms in total. The zero-order valence-electron chi connectivity index (χ0n) is 10.4. The van der Waals surface area contributed by atoms with Gasteiger partial charge in [-0.05, 0) is 6.42 Å². The normalized spacial score (nSPS) is 22.3. The van der Waals surface area contributed by atoms with E-state index in [9.17, 15) is 8.42 Å². The van der Waals surface area contributed by atoms with Gasteiger partial charge in [-0.3, -0.25) is 0 Å². The lowest BCUT2D eigenvalue weighted by atomic mass is 10.2. The third-order valence-corrected chi connectivity index (χ3v) is 4.77. The third kappa shape index (κ3) is 3.32. The Kier molecular flexibility index (Phi) is 3.77. The quantitative estimate of drug-likeness (QED) is 0.860. The van der Waals surface area contributed by atoms with Crippen LogP contribution in [0.4, 0.5) is 5.82 Å². The van der Waals surface area contributed by atoms with Crippen LogP contribution in [0.3, 0.4) is 0 Å². The summed E-state index contributed by atoms with van der Waals surface area (Å²) in [6.07, 6.45) is 0.612. The Morgan fingerprint density at radius 1 is 1.44 bits per heavy atom. The number of halogens is 1. The lowest BCUT2D eigenvalue weighted by Crippen LogP contribution is -2.21. The van der Waals surface area contributed by atoms with Crippen LogP contribution in [0.2, 0.25) is 5.15 Å². The third-order valence-electron chi connectivity index (χ3n) is 2.81. The molecule has 1 aromatic heterocycles. The molecule has 1 aromatic rings.